The first-order valence-corrected chi connectivity index (χ1v) is 10.5. The zero-order chi connectivity index (χ0) is 23.1. The molecule has 2 amide bonds. The summed E-state index contributed by atoms with van der Waals surface area (Å²) < 4.78 is 5.51. The number of carbonyl (C=O) groups is 2. The Balaban J connectivity index is 1.58. The highest BCUT2D eigenvalue weighted by Crippen LogP contribution is 2.21. The molecule has 0 atom stereocenters. The Morgan fingerprint density at radius 3 is 2.38 bits per heavy atom. The molecule has 0 fully saturated rings. The third kappa shape index (κ3) is 6.57. The molecule has 0 aliphatic carbocycles. The predicted molar refractivity (Wildman–Crippen MR) is 128 cm³/mol. The monoisotopic (exact) mass is 469 g/mol. The topological polar surface area (TPSA) is 79.8 Å². The Morgan fingerprint density at radius 1 is 0.938 bits per heavy atom. The normalized spacial score (nSPS) is 11.1. The van der Waals surface area contributed by atoms with Gasteiger partial charge in [0, 0.05) is 21.3 Å². The van der Waals surface area contributed by atoms with Crippen LogP contribution in [0.15, 0.2) is 71.8 Å². The zero-order valence-corrected chi connectivity index (χ0v) is 19.0. The summed E-state index contributed by atoms with van der Waals surface area (Å²) in [5, 5.41) is 8.12. The summed E-state index contributed by atoms with van der Waals surface area (Å²) in [6, 6.07) is 18.9. The molecular formula is C24H21Cl2N3O3. The molecule has 0 saturated carbocycles. The van der Waals surface area contributed by atoms with E-state index in [1.165, 1.54) is 0 Å². The van der Waals surface area contributed by atoms with Gasteiger partial charge in [-0.15, -0.1) is 0 Å². The fourth-order valence-corrected chi connectivity index (χ4v) is 3.14. The fourth-order valence-electron chi connectivity index (χ4n) is 2.79. The van der Waals surface area contributed by atoms with Gasteiger partial charge in [-0.25, -0.2) is 5.43 Å². The van der Waals surface area contributed by atoms with Crippen molar-refractivity contribution >= 4 is 46.4 Å². The number of anilines is 1. The van der Waals surface area contributed by atoms with Crippen LogP contribution in [0.25, 0.3) is 0 Å². The average Bonchev–Trinajstić information content (AvgIpc) is 2.77. The van der Waals surface area contributed by atoms with E-state index in [9.17, 15) is 9.59 Å². The van der Waals surface area contributed by atoms with Crippen molar-refractivity contribution in [3.8, 4) is 5.75 Å². The van der Waals surface area contributed by atoms with Gasteiger partial charge >= 0.3 is 0 Å². The summed E-state index contributed by atoms with van der Waals surface area (Å²) in [4.78, 5) is 24.5. The summed E-state index contributed by atoms with van der Waals surface area (Å²) in [5.41, 5.74) is 5.72. The van der Waals surface area contributed by atoms with Gasteiger partial charge in [-0.2, -0.15) is 5.10 Å². The van der Waals surface area contributed by atoms with Crippen molar-refractivity contribution in [2.75, 3.05) is 11.9 Å². The maximum Gasteiger partial charge on any atom is 0.277 e. The minimum Gasteiger partial charge on any atom is -0.483 e. The lowest BCUT2D eigenvalue weighted by Crippen LogP contribution is -2.25. The second-order valence-corrected chi connectivity index (χ2v) is 7.85. The van der Waals surface area contributed by atoms with E-state index < -0.39 is 5.91 Å². The molecule has 0 aliphatic rings. The van der Waals surface area contributed by atoms with Gasteiger partial charge in [0.25, 0.3) is 11.8 Å². The molecule has 0 heterocycles. The Labute approximate surface area is 196 Å². The van der Waals surface area contributed by atoms with Gasteiger partial charge in [-0.1, -0.05) is 35.3 Å². The summed E-state index contributed by atoms with van der Waals surface area (Å²) in [6.45, 7) is 3.42. The Kier molecular flexibility index (Phi) is 7.87. The number of rotatable bonds is 7. The molecule has 32 heavy (non-hydrogen) atoms. The molecule has 2 N–H and O–H groups in total. The van der Waals surface area contributed by atoms with E-state index in [-0.39, 0.29) is 12.5 Å². The molecule has 0 aromatic heterocycles. The van der Waals surface area contributed by atoms with Crippen LogP contribution in [0.4, 0.5) is 5.69 Å². The minimum absolute atomic E-state index is 0.184. The smallest absolute Gasteiger partial charge is 0.277 e. The van der Waals surface area contributed by atoms with E-state index in [1.807, 2.05) is 13.0 Å². The van der Waals surface area contributed by atoms with Crippen LogP contribution in [-0.4, -0.2) is 24.1 Å². The summed E-state index contributed by atoms with van der Waals surface area (Å²) >= 11 is 11.8. The van der Waals surface area contributed by atoms with Gasteiger partial charge in [-0.3, -0.25) is 9.59 Å². The first-order valence-electron chi connectivity index (χ1n) is 9.71. The van der Waals surface area contributed by atoms with Gasteiger partial charge in [0.1, 0.15) is 5.75 Å². The van der Waals surface area contributed by atoms with Crippen LogP contribution in [0.5, 0.6) is 5.75 Å². The molecule has 3 rings (SSSR count). The maximum atomic E-state index is 12.4. The van der Waals surface area contributed by atoms with E-state index >= 15 is 0 Å². The van der Waals surface area contributed by atoms with Crippen LogP contribution >= 0.6 is 23.2 Å². The number of nitrogens with one attached hydrogen (secondary N) is 2. The van der Waals surface area contributed by atoms with E-state index in [2.05, 4.69) is 15.8 Å². The second-order valence-electron chi connectivity index (χ2n) is 6.97. The SMILES string of the molecule is C/C(=N/NC(=O)COc1ccc(Cl)cc1C)c1cccc(NC(=O)c2ccc(Cl)cc2)c1. The molecule has 6 nitrogen and oxygen atoms in total. The Bertz CT molecular complexity index is 1160. The minimum atomic E-state index is -0.397. The quantitative estimate of drug-likeness (QED) is 0.355. The average molecular weight is 470 g/mol. The number of benzene rings is 3. The molecule has 0 saturated heterocycles. The highest BCUT2D eigenvalue weighted by Gasteiger charge is 2.08. The Hall–Kier alpha value is -3.35. The van der Waals surface area contributed by atoms with Crippen molar-refractivity contribution in [2.45, 2.75) is 13.8 Å². The fraction of sp³-hybridized carbons (Fsp3) is 0.125. The lowest BCUT2D eigenvalue weighted by atomic mass is 10.1. The van der Waals surface area contributed by atoms with Crippen LogP contribution in [0.1, 0.15) is 28.4 Å². The van der Waals surface area contributed by atoms with Crippen LogP contribution in [0.2, 0.25) is 10.0 Å². The zero-order valence-electron chi connectivity index (χ0n) is 17.5. The number of aryl methyl sites for hydroxylation is 1. The van der Waals surface area contributed by atoms with E-state index in [1.54, 1.807) is 67.6 Å². The van der Waals surface area contributed by atoms with Crippen LogP contribution in [0, 0.1) is 6.92 Å². The molecule has 0 spiro atoms. The largest absolute Gasteiger partial charge is 0.483 e. The number of hydrazone groups is 1. The number of nitrogens with zero attached hydrogens (tertiary/aromatic N) is 1. The number of hydrogen-bond acceptors (Lipinski definition) is 4. The third-order valence-corrected chi connectivity index (χ3v) is 4.98. The molecule has 8 heteroatoms. The molecule has 3 aromatic carbocycles. The first-order chi connectivity index (χ1) is 15.3. The van der Waals surface area contributed by atoms with Crippen molar-refractivity contribution < 1.29 is 14.3 Å². The van der Waals surface area contributed by atoms with E-state index in [0.717, 1.165) is 11.1 Å². The predicted octanol–water partition coefficient (Wildman–Crippen LogP) is 5.47. The van der Waals surface area contributed by atoms with Crippen LogP contribution in [0.3, 0.4) is 0 Å². The summed E-state index contributed by atoms with van der Waals surface area (Å²) in [6.07, 6.45) is 0. The summed E-state index contributed by atoms with van der Waals surface area (Å²) in [7, 11) is 0. The highest BCUT2D eigenvalue weighted by molar-refractivity contribution is 6.31. The molecular weight excluding hydrogens is 449 g/mol. The van der Waals surface area contributed by atoms with Crippen LogP contribution < -0.4 is 15.5 Å². The molecule has 164 valence electrons. The number of halogens is 2. The molecule has 0 aliphatic heterocycles. The lowest BCUT2D eigenvalue weighted by Gasteiger charge is -2.09. The first kappa shape index (κ1) is 23.3. The molecule has 3 aromatic rings. The van der Waals surface area contributed by atoms with E-state index in [0.29, 0.717) is 32.8 Å². The van der Waals surface area contributed by atoms with Gasteiger partial charge in [0.15, 0.2) is 6.61 Å². The van der Waals surface area contributed by atoms with E-state index in [4.69, 9.17) is 27.9 Å². The molecule has 0 bridgehead atoms. The lowest BCUT2D eigenvalue weighted by molar-refractivity contribution is -0.123. The molecule has 0 unspecified atom stereocenters. The summed E-state index contributed by atoms with van der Waals surface area (Å²) in [5.74, 6) is -0.0726. The van der Waals surface area contributed by atoms with Gasteiger partial charge in [-0.05, 0) is 79.6 Å². The van der Waals surface area contributed by atoms with Gasteiger partial charge in [0.05, 0.1) is 5.71 Å². The number of carbonyl (C=O) groups excluding carboxylic acids is 2. The highest BCUT2D eigenvalue weighted by atomic mass is 35.5. The maximum absolute atomic E-state index is 12.4. The second kappa shape index (κ2) is 10.8. The van der Waals surface area contributed by atoms with Crippen molar-refractivity contribution in [1.29, 1.82) is 0 Å². The number of hydrogen-bond donors (Lipinski definition) is 2. The third-order valence-electron chi connectivity index (χ3n) is 4.49. The number of amides is 2. The van der Waals surface area contributed by atoms with Crippen molar-refractivity contribution in [3.63, 3.8) is 0 Å². The van der Waals surface area contributed by atoms with Crippen molar-refractivity contribution in [2.24, 2.45) is 5.10 Å². The van der Waals surface area contributed by atoms with Crippen molar-refractivity contribution in [1.82, 2.24) is 5.43 Å². The number of ether oxygens (including phenoxy) is 1. The van der Waals surface area contributed by atoms with Gasteiger partial charge < -0.3 is 10.1 Å². The molecule has 0 radical (unpaired) electrons. The van der Waals surface area contributed by atoms with Gasteiger partial charge in [0.2, 0.25) is 0 Å². The van der Waals surface area contributed by atoms with Crippen LogP contribution in [-0.2, 0) is 4.79 Å². The Morgan fingerprint density at radius 2 is 1.66 bits per heavy atom. The standard InChI is InChI=1S/C24H21Cl2N3O3/c1-15-12-20(26)10-11-22(15)32-14-23(30)29-28-16(2)18-4-3-5-21(13-18)27-24(31)17-6-8-19(25)9-7-17/h3-13H,14H2,1-2H3,(H,27,31)(H,29,30)/b28-16-. The van der Waals surface area contributed by atoms with Crippen molar-refractivity contribution in [3.05, 3.63) is 93.5 Å².